The number of thiazole rings is 1. The summed E-state index contributed by atoms with van der Waals surface area (Å²) in [4.78, 5) is 27.5. The molecule has 122 valence electrons. The summed E-state index contributed by atoms with van der Waals surface area (Å²) in [7, 11) is 0. The van der Waals surface area contributed by atoms with Gasteiger partial charge in [-0.05, 0) is 45.0 Å². The van der Waals surface area contributed by atoms with Crippen LogP contribution in [0.3, 0.4) is 0 Å². The minimum absolute atomic E-state index is 0.171. The standard InChI is InChI=1S/C16H20N4O2S/c1-10-8-23-13(19-10)11-4-6-12(7-5-11)20-15(22)18-9-16(2,3)14(17)21/h4-8H,9H2,1-3H3,(H2,17,21)(H2,18,20,22). The Labute approximate surface area is 139 Å². The SMILES string of the molecule is Cc1csc(-c2ccc(NC(=O)NCC(C)(C)C(N)=O)cc2)n1. The van der Waals surface area contributed by atoms with E-state index in [-0.39, 0.29) is 12.6 Å². The first-order chi connectivity index (χ1) is 10.8. The third-order valence-electron chi connectivity index (χ3n) is 3.37. The number of hydrogen-bond donors (Lipinski definition) is 3. The van der Waals surface area contributed by atoms with E-state index in [0.717, 1.165) is 16.3 Å². The number of amides is 3. The number of primary amides is 1. The molecule has 0 fully saturated rings. The number of aryl methyl sites for hydroxylation is 1. The number of anilines is 1. The van der Waals surface area contributed by atoms with Crippen LogP contribution in [0.1, 0.15) is 19.5 Å². The lowest BCUT2D eigenvalue weighted by Gasteiger charge is -2.20. The Morgan fingerprint density at radius 1 is 1.26 bits per heavy atom. The second kappa shape index (κ2) is 6.78. The highest BCUT2D eigenvalue weighted by molar-refractivity contribution is 7.13. The average molecular weight is 332 g/mol. The monoisotopic (exact) mass is 332 g/mol. The third kappa shape index (κ3) is 4.53. The van der Waals surface area contributed by atoms with Gasteiger partial charge in [-0.25, -0.2) is 9.78 Å². The zero-order chi connectivity index (χ0) is 17.0. The highest BCUT2D eigenvalue weighted by Gasteiger charge is 2.25. The first-order valence-corrected chi connectivity index (χ1v) is 8.03. The van der Waals surface area contributed by atoms with Crippen LogP contribution in [0.15, 0.2) is 29.6 Å². The Morgan fingerprint density at radius 2 is 1.91 bits per heavy atom. The summed E-state index contributed by atoms with van der Waals surface area (Å²) in [6.45, 7) is 5.49. The summed E-state index contributed by atoms with van der Waals surface area (Å²) in [6, 6.07) is 7.05. The van der Waals surface area contributed by atoms with Crippen LogP contribution in [0.5, 0.6) is 0 Å². The minimum Gasteiger partial charge on any atom is -0.369 e. The maximum Gasteiger partial charge on any atom is 0.319 e. The van der Waals surface area contributed by atoms with Crippen LogP contribution in [-0.2, 0) is 4.79 Å². The van der Waals surface area contributed by atoms with Gasteiger partial charge in [0.2, 0.25) is 5.91 Å². The normalized spacial score (nSPS) is 11.1. The van der Waals surface area contributed by atoms with Gasteiger partial charge in [0, 0.05) is 28.9 Å². The molecule has 1 aromatic heterocycles. The molecule has 3 amide bonds. The molecule has 0 saturated carbocycles. The molecule has 0 atom stereocenters. The topological polar surface area (TPSA) is 97.1 Å². The average Bonchev–Trinajstić information content (AvgIpc) is 2.92. The van der Waals surface area contributed by atoms with Crippen molar-refractivity contribution in [2.24, 2.45) is 11.1 Å². The van der Waals surface area contributed by atoms with Gasteiger partial charge in [-0.1, -0.05) is 0 Å². The number of nitrogens with one attached hydrogen (secondary N) is 2. The van der Waals surface area contributed by atoms with Gasteiger partial charge in [0.25, 0.3) is 0 Å². The second-order valence-electron chi connectivity index (χ2n) is 5.93. The van der Waals surface area contributed by atoms with Gasteiger partial charge >= 0.3 is 6.03 Å². The van der Waals surface area contributed by atoms with Crippen molar-refractivity contribution in [3.05, 3.63) is 35.3 Å². The fourth-order valence-corrected chi connectivity index (χ4v) is 2.55. The van der Waals surface area contributed by atoms with Crippen molar-refractivity contribution in [2.75, 3.05) is 11.9 Å². The summed E-state index contributed by atoms with van der Waals surface area (Å²) in [5.41, 5.74) is 7.14. The van der Waals surface area contributed by atoms with Crippen molar-refractivity contribution < 1.29 is 9.59 Å². The van der Waals surface area contributed by atoms with Gasteiger partial charge < -0.3 is 16.4 Å². The molecule has 0 aliphatic heterocycles. The molecule has 0 radical (unpaired) electrons. The van der Waals surface area contributed by atoms with E-state index in [2.05, 4.69) is 15.6 Å². The molecule has 0 bridgehead atoms. The summed E-state index contributed by atoms with van der Waals surface area (Å²) < 4.78 is 0. The molecule has 0 aliphatic carbocycles. The van der Waals surface area contributed by atoms with Crippen molar-refractivity contribution in [2.45, 2.75) is 20.8 Å². The Hall–Kier alpha value is -2.41. The molecule has 2 aromatic rings. The smallest absolute Gasteiger partial charge is 0.319 e. The van der Waals surface area contributed by atoms with Crippen LogP contribution in [-0.4, -0.2) is 23.5 Å². The summed E-state index contributed by atoms with van der Waals surface area (Å²) in [5, 5.41) is 8.30. The van der Waals surface area contributed by atoms with Crippen LogP contribution in [0.2, 0.25) is 0 Å². The van der Waals surface area contributed by atoms with E-state index in [1.165, 1.54) is 0 Å². The predicted octanol–water partition coefficient (Wildman–Crippen LogP) is 2.75. The molecular formula is C16H20N4O2S. The minimum atomic E-state index is -0.788. The Balaban J connectivity index is 1.93. The fourth-order valence-electron chi connectivity index (χ4n) is 1.75. The first kappa shape index (κ1) is 17.0. The summed E-state index contributed by atoms with van der Waals surface area (Å²) in [5.74, 6) is -0.458. The van der Waals surface area contributed by atoms with E-state index in [1.54, 1.807) is 25.2 Å². The second-order valence-corrected chi connectivity index (χ2v) is 6.79. The molecule has 0 saturated heterocycles. The number of nitrogens with zero attached hydrogens (tertiary/aromatic N) is 1. The van der Waals surface area contributed by atoms with E-state index in [4.69, 9.17) is 5.73 Å². The van der Waals surface area contributed by atoms with Gasteiger partial charge in [0.1, 0.15) is 5.01 Å². The first-order valence-electron chi connectivity index (χ1n) is 7.15. The lowest BCUT2D eigenvalue weighted by molar-refractivity contribution is -0.125. The van der Waals surface area contributed by atoms with Crippen molar-refractivity contribution in [1.82, 2.24) is 10.3 Å². The van der Waals surface area contributed by atoms with Crippen LogP contribution in [0.25, 0.3) is 10.6 Å². The molecule has 1 heterocycles. The van der Waals surface area contributed by atoms with Gasteiger partial charge in [0.15, 0.2) is 0 Å². The lowest BCUT2D eigenvalue weighted by atomic mass is 9.93. The van der Waals surface area contributed by atoms with Gasteiger partial charge in [-0.2, -0.15) is 0 Å². The highest BCUT2D eigenvalue weighted by atomic mass is 32.1. The molecule has 0 unspecified atom stereocenters. The number of aromatic nitrogens is 1. The highest BCUT2D eigenvalue weighted by Crippen LogP contribution is 2.24. The van der Waals surface area contributed by atoms with Crippen LogP contribution in [0, 0.1) is 12.3 Å². The Bertz CT molecular complexity index is 707. The van der Waals surface area contributed by atoms with Crippen LogP contribution < -0.4 is 16.4 Å². The van der Waals surface area contributed by atoms with E-state index in [1.807, 2.05) is 36.6 Å². The third-order valence-corrected chi connectivity index (χ3v) is 4.38. The number of benzene rings is 1. The van der Waals surface area contributed by atoms with E-state index in [9.17, 15) is 9.59 Å². The fraction of sp³-hybridized carbons (Fsp3) is 0.312. The molecule has 0 aliphatic rings. The molecule has 1 aromatic carbocycles. The van der Waals surface area contributed by atoms with E-state index < -0.39 is 11.3 Å². The molecule has 4 N–H and O–H groups in total. The summed E-state index contributed by atoms with van der Waals surface area (Å²) in [6.07, 6.45) is 0. The molecular weight excluding hydrogens is 312 g/mol. The molecule has 2 rings (SSSR count). The van der Waals surface area contributed by atoms with E-state index in [0.29, 0.717) is 5.69 Å². The van der Waals surface area contributed by atoms with E-state index >= 15 is 0 Å². The maximum absolute atomic E-state index is 11.9. The molecule has 6 nitrogen and oxygen atoms in total. The Kier molecular flexibility index (Phi) is 5.00. The van der Waals surface area contributed by atoms with Crippen molar-refractivity contribution >= 4 is 29.0 Å². The van der Waals surface area contributed by atoms with Crippen molar-refractivity contribution in [3.63, 3.8) is 0 Å². The lowest BCUT2D eigenvalue weighted by Crippen LogP contribution is -2.43. The Morgan fingerprint density at radius 3 is 2.43 bits per heavy atom. The van der Waals surface area contributed by atoms with Crippen LogP contribution >= 0.6 is 11.3 Å². The molecule has 7 heteroatoms. The quantitative estimate of drug-likeness (QED) is 0.785. The zero-order valence-electron chi connectivity index (χ0n) is 13.3. The predicted molar refractivity (Wildman–Crippen MR) is 92.3 cm³/mol. The van der Waals surface area contributed by atoms with Crippen molar-refractivity contribution in [3.8, 4) is 10.6 Å². The number of carbonyl (C=O) groups excluding carboxylic acids is 2. The molecule has 23 heavy (non-hydrogen) atoms. The number of urea groups is 1. The van der Waals surface area contributed by atoms with Crippen molar-refractivity contribution in [1.29, 1.82) is 0 Å². The number of rotatable bonds is 5. The van der Waals surface area contributed by atoms with Crippen LogP contribution in [0.4, 0.5) is 10.5 Å². The molecule has 0 spiro atoms. The van der Waals surface area contributed by atoms with Gasteiger partial charge in [-0.15, -0.1) is 11.3 Å². The maximum atomic E-state index is 11.9. The number of hydrogen-bond acceptors (Lipinski definition) is 4. The summed E-state index contributed by atoms with van der Waals surface area (Å²) >= 11 is 1.58. The zero-order valence-corrected chi connectivity index (χ0v) is 14.2. The van der Waals surface area contributed by atoms with Gasteiger partial charge in [-0.3, -0.25) is 4.79 Å². The number of nitrogens with two attached hydrogens (primary N) is 1. The number of carbonyl (C=O) groups is 2. The van der Waals surface area contributed by atoms with Gasteiger partial charge in [0.05, 0.1) is 5.41 Å². The largest absolute Gasteiger partial charge is 0.369 e.